The number of aliphatic hydroxyl groups excluding tert-OH is 2. The first-order valence-corrected chi connectivity index (χ1v) is 5.19. The zero-order chi connectivity index (χ0) is 12.8. The monoisotopic (exact) mass is 246 g/mol. The van der Waals surface area contributed by atoms with E-state index in [1.54, 1.807) is 0 Å². The summed E-state index contributed by atoms with van der Waals surface area (Å²) in [7, 11) is 0. The Bertz CT molecular complexity index is 357. The van der Waals surface area contributed by atoms with Crippen LogP contribution in [0.15, 0.2) is 0 Å². The molecule has 0 aromatic rings. The number of carbonyl (C=O) groups is 2. The minimum atomic E-state index is -2.01. The van der Waals surface area contributed by atoms with Crippen LogP contribution in [0.25, 0.3) is 0 Å². The molecule has 0 aliphatic carbocycles. The molecule has 0 aromatic carbocycles. The first-order valence-electron chi connectivity index (χ1n) is 5.19. The van der Waals surface area contributed by atoms with Crippen molar-refractivity contribution in [3.05, 3.63) is 0 Å². The summed E-state index contributed by atoms with van der Waals surface area (Å²) in [4.78, 5) is 23.6. The van der Waals surface area contributed by atoms with Crippen molar-refractivity contribution in [1.82, 2.24) is 10.2 Å². The van der Waals surface area contributed by atoms with Crippen molar-refractivity contribution in [2.24, 2.45) is 0 Å². The quantitative estimate of drug-likeness (QED) is 0.407. The highest BCUT2D eigenvalue weighted by molar-refractivity contribution is 6.05. The molecule has 0 aromatic heterocycles. The zero-order valence-electron chi connectivity index (χ0n) is 9.16. The van der Waals surface area contributed by atoms with E-state index >= 15 is 0 Å². The van der Waals surface area contributed by atoms with Crippen LogP contribution in [-0.2, 0) is 9.53 Å². The molecule has 2 saturated heterocycles. The summed E-state index contributed by atoms with van der Waals surface area (Å²) in [5.41, 5.74) is -2.01. The summed E-state index contributed by atoms with van der Waals surface area (Å²) in [5, 5.41) is 30.3. The second-order valence-corrected chi connectivity index (χ2v) is 4.26. The van der Waals surface area contributed by atoms with Gasteiger partial charge >= 0.3 is 6.03 Å². The third kappa shape index (κ3) is 1.78. The van der Waals surface area contributed by atoms with E-state index in [-0.39, 0.29) is 6.42 Å². The molecular formula is C9H14N2O6. The molecule has 4 atom stereocenters. The summed E-state index contributed by atoms with van der Waals surface area (Å²) in [6.45, 7) is 0.762. The van der Waals surface area contributed by atoms with Gasteiger partial charge in [0.25, 0.3) is 5.91 Å². The third-order valence-electron chi connectivity index (χ3n) is 3.01. The Kier molecular flexibility index (Phi) is 2.82. The number of carbonyl (C=O) groups excluding carboxylic acids is 2. The van der Waals surface area contributed by atoms with Crippen molar-refractivity contribution >= 4 is 11.9 Å². The molecule has 17 heavy (non-hydrogen) atoms. The molecule has 8 nitrogen and oxygen atoms in total. The number of amides is 3. The van der Waals surface area contributed by atoms with Gasteiger partial charge in [0, 0.05) is 6.42 Å². The number of imide groups is 1. The van der Waals surface area contributed by atoms with Crippen LogP contribution in [0.4, 0.5) is 4.79 Å². The summed E-state index contributed by atoms with van der Waals surface area (Å²) in [6, 6.07) is -0.782. The van der Waals surface area contributed by atoms with Gasteiger partial charge in [-0.3, -0.25) is 15.0 Å². The number of rotatable bonds is 2. The average molecular weight is 246 g/mol. The Labute approximate surface area is 96.8 Å². The number of hydrogen-bond donors (Lipinski definition) is 4. The van der Waals surface area contributed by atoms with E-state index in [1.165, 1.54) is 0 Å². The topological polar surface area (TPSA) is 119 Å². The highest BCUT2D eigenvalue weighted by atomic mass is 16.6. The molecule has 2 rings (SSSR count). The number of hydrogen-bond acceptors (Lipinski definition) is 6. The predicted octanol–water partition coefficient (Wildman–Crippen LogP) is -2.29. The van der Waals surface area contributed by atoms with Crippen molar-refractivity contribution in [3.63, 3.8) is 0 Å². The van der Waals surface area contributed by atoms with Crippen LogP contribution in [-0.4, -0.2) is 62.9 Å². The lowest BCUT2D eigenvalue weighted by Gasteiger charge is -2.31. The molecule has 2 heterocycles. The van der Waals surface area contributed by atoms with Crippen LogP contribution in [0, 0.1) is 0 Å². The maximum Gasteiger partial charge on any atom is 0.328 e. The Hall–Kier alpha value is -1.22. The second-order valence-electron chi connectivity index (χ2n) is 4.26. The molecule has 0 spiro atoms. The number of nitrogens with one attached hydrogen (secondary N) is 1. The van der Waals surface area contributed by atoms with Gasteiger partial charge in [-0.25, -0.2) is 4.79 Å². The summed E-state index contributed by atoms with van der Waals surface area (Å²) >= 11 is 0. The van der Waals surface area contributed by atoms with Gasteiger partial charge in [-0.05, 0) is 6.92 Å². The van der Waals surface area contributed by atoms with Crippen molar-refractivity contribution in [2.75, 3.05) is 6.61 Å². The summed E-state index contributed by atoms with van der Waals surface area (Å²) < 4.78 is 5.21. The molecule has 3 amide bonds. The van der Waals surface area contributed by atoms with Gasteiger partial charge in [0.1, 0.15) is 12.3 Å². The number of ether oxygens (including phenoxy) is 1. The van der Waals surface area contributed by atoms with Crippen LogP contribution < -0.4 is 5.32 Å². The minimum Gasteiger partial charge on any atom is -0.394 e. The Balaban J connectivity index is 2.18. The van der Waals surface area contributed by atoms with Crippen LogP contribution in [0.5, 0.6) is 0 Å². The lowest BCUT2D eigenvalue weighted by molar-refractivity contribution is -0.164. The zero-order valence-corrected chi connectivity index (χ0v) is 9.16. The fraction of sp³-hybridized carbons (Fsp3) is 0.778. The Morgan fingerprint density at radius 3 is 2.65 bits per heavy atom. The summed E-state index contributed by atoms with van der Waals surface area (Å²) in [5.74, 6) is -0.840. The molecule has 0 saturated carbocycles. The van der Waals surface area contributed by atoms with Gasteiger partial charge in [0.05, 0.1) is 12.7 Å². The van der Waals surface area contributed by atoms with E-state index in [4.69, 9.17) is 9.84 Å². The van der Waals surface area contributed by atoms with Crippen molar-refractivity contribution in [1.29, 1.82) is 0 Å². The smallest absolute Gasteiger partial charge is 0.328 e. The van der Waals surface area contributed by atoms with Gasteiger partial charge in [-0.1, -0.05) is 0 Å². The molecule has 0 radical (unpaired) electrons. The van der Waals surface area contributed by atoms with E-state index in [1.807, 2.05) is 5.32 Å². The second kappa shape index (κ2) is 3.91. The number of urea groups is 1. The fourth-order valence-electron chi connectivity index (χ4n) is 2.03. The van der Waals surface area contributed by atoms with E-state index in [2.05, 4.69) is 0 Å². The lowest BCUT2D eigenvalue weighted by atomic mass is 10.1. The van der Waals surface area contributed by atoms with Gasteiger partial charge in [0.15, 0.2) is 0 Å². The predicted molar refractivity (Wildman–Crippen MR) is 52.4 cm³/mol. The van der Waals surface area contributed by atoms with Crippen LogP contribution >= 0.6 is 0 Å². The molecule has 2 aliphatic rings. The van der Waals surface area contributed by atoms with Gasteiger partial charge in [0.2, 0.25) is 5.72 Å². The highest BCUT2D eigenvalue weighted by Gasteiger charge is 2.54. The van der Waals surface area contributed by atoms with Crippen LogP contribution in [0.3, 0.4) is 0 Å². The Morgan fingerprint density at radius 2 is 2.24 bits per heavy atom. The summed E-state index contributed by atoms with van der Waals surface area (Å²) in [6.07, 6.45) is -2.67. The van der Waals surface area contributed by atoms with Gasteiger partial charge in [-0.2, -0.15) is 0 Å². The molecule has 2 aliphatic heterocycles. The SMILES string of the molecule is CC1(O)C(=O)NC(=O)N1[C@H]1C[C@@H](O)[C@H](CO)O1. The molecular weight excluding hydrogens is 232 g/mol. The van der Waals surface area contributed by atoms with Crippen molar-refractivity contribution < 1.29 is 29.6 Å². The Morgan fingerprint density at radius 1 is 1.59 bits per heavy atom. The molecule has 8 heteroatoms. The molecule has 1 unspecified atom stereocenters. The number of aliphatic hydroxyl groups is 3. The van der Waals surface area contributed by atoms with E-state index in [0.717, 1.165) is 11.8 Å². The first-order chi connectivity index (χ1) is 7.87. The maximum absolute atomic E-state index is 11.5. The van der Waals surface area contributed by atoms with Gasteiger partial charge < -0.3 is 20.1 Å². The van der Waals surface area contributed by atoms with Crippen LogP contribution in [0.1, 0.15) is 13.3 Å². The lowest BCUT2D eigenvalue weighted by Crippen LogP contribution is -2.52. The first kappa shape index (κ1) is 12.2. The average Bonchev–Trinajstić information content (AvgIpc) is 2.66. The number of nitrogens with zero attached hydrogens (tertiary/aromatic N) is 1. The standard InChI is InChI=1S/C9H14N2O6/c1-9(16)7(14)10-8(15)11(9)6-2-4(13)5(3-12)17-6/h4-6,12-13,16H,2-3H2,1H3,(H,10,14,15)/t4-,5+,6-,9?/m1/s1. The maximum atomic E-state index is 11.5. The molecule has 0 bridgehead atoms. The molecule has 4 N–H and O–H groups in total. The minimum absolute atomic E-state index is 0.0298. The molecule has 96 valence electrons. The van der Waals surface area contributed by atoms with E-state index in [0.29, 0.717) is 0 Å². The van der Waals surface area contributed by atoms with E-state index < -0.39 is 42.7 Å². The van der Waals surface area contributed by atoms with Gasteiger partial charge in [-0.15, -0.1) is 0 Å². The molecule has 2 fully saturated rings. The fourth-order valence-corrected chi connectivity index (χ4v) is 2.03. The van der Waals surface area contributed by atoms with Crippen molar-refractivity contribution in [3.8, 4) is 0 Å². The highest BCUT2D eigenvalue weighted by Crippen LogP contribution is 2.30. The van der Waals surface area contributed by atoms with Crippen molar-refractivity contribution in [2.45, 2.75) is 37.5 Å². The van der Waals surface area contributed by atoms with E-state index in [9.17, 15) is 19.8 Å². The third-order valence-corrected chi connectivity index (χ3v) is 3.01. The van der Waals surface area contributed by atoms with Crippen LogP contribution in [0.2, 0.25) is 0 Å². The largest absolute Gasteiger partial charge is 0.394 e. The normalized spacial score (nSPS) is 42.1.